The Bertz CT molecular complexity index is 699. The van der Waals surface area contributed by atoms with Crippen LogP contribution in [0.3, 0.4) is 0 Å². The molecule has 2 heterocycles. The number of rotatable bonds is 3. The van der Waals surface area contributed by atoms with Gasteiger partial charge in [-0.25, -0.2) is 4.39 Å². The molecule has 1 aromatic heterocycles. The smallest absolute Gasteiger partial charge is 0.231 e. The predicted molar refractivity (Wildman–Crippen MR) is 82.7 cm³/mol. The first-order valence-electron chi connectivity index (χ1n) is 7.55. The number of hydrogen-bond donors (Lipinski definition) is 0. The number of aromatic nitrogens is 2. The van der Waals surface area contributed by atoms with Crippen molar-refractivity contribution in [3.63, 3.8) is 0 Å². The van der Waals surface area contributed by atoms with Crippen LogP contribution in [0.25, 0.3) is 0 Å². The highest BCUT2D eigenvalue weighted by atomic mass is 35.5. The number of benzene rings is 1. The lowest BCUT2D eigenvalue weighted by Crippen LogP contribution is -2.40. The fourth-order valence-electron chi connectivity index (χ4n) is 2.85. The van der Waals surface area contributed by atoms with Crippen molar-refractivity contribution in [2.75, 3.05) is 13.1 Å². The van der Waals surface area contributed by atoms with E-state index in [1.807, 2.05) is 0 Å². The highest BCUT2D eigenvalue weighted by Crippen LogP contribution is 2.27. The van der Waals surface area contributed by atoms with E-state index in [-0.39, 0.29) is 28.8 Å². The first kappa shape index (κ1) is 15.9. The number of carbonyl (C=O) groups excluding carboxylic acids is 1. The molecule has 0 spiro atoms. The van der Waals surface area contributed by atoms with Gasteiger partial charge in [0.2, 0.25) is 11.8 Å². The summed E-state index contributed by atoms with van der Waals surface area (Å²) in [4.78, 5) is 18.5. The minimum atomic E-state index is -0.452. The molecule has 1 aliphatic rings. The fraction of sp³-hybridized carbons (Fsp3) is 0.438. The van der Waals surface area contributed by atoms with Crippen molar-refractivity contribution in [1.82, 2.24) is 15.0 Å². The lowest BCUT2D eigenvalue weighted by atomic mass is 9.97. The van der Waals surface area contributed by atoms with Crippen LogP contribution in [0.5, 0.6) is 0 Å². The van der Waals surface area contributed by atoms with Crippen molar-refractivity contribution < 1.29 is 13.7 Å². The maximum atomic E-state index is 13.8. The maximum Gasteiger partial charge on any atom is 0.231 e. The number of aryl methyl sites for hydroxylation is 1. The zero-order valence-electron chi connectivity index (χ0n) is 12.8. The van der Waals surface area contributed by atoms with Gasteiger partial charge in [-0.3, -0.25) is 4.79 Å². The summed E-state index contributed by atoms with van der Waals surface area (Å²) in [6, 6.07) is 4.43. The molecule has 0 bridgehead atoms. The standard InChI is InChI=1S/C16H17ClFN3O2/c1-10-19-16(23-20-10)11-4-3-7-21(9-11)15(22)8-12-13(17)5-2-6-14(12)18/h2,5-6,11H,3-4,7-9H2,1H3/t11-/m0/s1. The minimum Gasteiger partial charge on any atom is -0.342 e. The van der Waals surface area contributed by atoms with Gasteiger partial charge >= 0.3 is 0 Å². The molecule has 2 aromatic rings. The van der Waals surface area contributed by atoms with Gasteiger partial charge in [0.05, 0.1) is 12.3 Å². The van der Waals surface area contributed by atoms with Crippen LogP contribution in [0.2, 0.25) is 5.02 Å². The van der Waals surface area contributed by atoms with Crippen LogP contribution < -0.4 is 0 Å². The van der Waals surface area contributed by atoms with E-state index in [1.165, 1.54) is 12.1 Å². The summed E-state index contributed by atoms with van der Waals surface area (Å²) in [5.41, 5.74) is 0.245. The van der Waals surface area contributed by atoms with Crippen molar-refractivity contribution in [2.45, 2.75) is 32.1 Å². The van der Waals surface area contributed by atoms with Gasteiger partial charge in [0, 0.05) is 23.7 Å². The van der Waals surface area contributed by atoms with Crippen LogP contribution in [0.15, 0.2) is 22.7 Å². The molecule has 1 aliphatic heterocycles. The molecule has 3 rings (SSSR count). The number of carbonyl (C=O) groups is 1. The van der Waals surface area contributed by atoms with Gasteiger partial charge in [-0.1, -0.05) is 22.8 Å². The number of amides is 1. The summed E-state index contributed by atoms with van der Waals surface area (Å²) in [6.45, 7) is 2.92. The van der Waals surface area contributed by atoms with Crippen LogP contribution in [0, 0.1) is 12.7 Å². The summed E-state index contributed by atoms with van der Waals surface area (Å²) in [7, 11) is 0. The van der Waals surface area contributed by atoms with Gasteiger partial charge in [0.1, 0.15) is 5.82 Å². The number of hydrogen-bond acceptors (Lipinski definition) is 4. The zero-order valence-corrected chi connectivity index (χ0v) is 13.5. The normalized spacial score (nSPS) is 18.2. The Balaban J connectivity index is 1.70. The quantitative estimate of drug-likeness (QED) is 0.863. The summed E-state index contributed by atoms with van der Waals surface area (Å²) >= 11 is 6.00. The maximum absolute atomic E-state index is 13.8. The third-order valence-electron chi connectivity index (χ3n) is 4.06. The summed E-state index contributed by atoms with van der Waals surface area (Å²) in [6.07, 6.45) is 1.70. The predicted octanol–water partition coefficient (Wildman–Crippen LogP) is 3.12. The van der Waals surface area contributed by atoms with Crippen LogP contribution in [0.1, 0.15) is 36.0 Å². The molecule has 1 atom stereocenters. The molecule has 0 aliphatic carbocycles. The number of piperidine rings is 1. The third-order valence-corrected chi connectivity index (χ3v) is 4.41. The SMILES string of the molecule is Cc1noc([C@H]2CCCN(C(=O)Cc3c(F)cccc3Cl)C2)n1. The van der Waals surface area contributed by atoms with Crippen molar-refractivity contribution in [3.8, 4) is 0 Å². The van der Waals surface area contributed by atoms with E-state index in [4.69, 9.17) is 16.1 Å². The number of halogens is 2. The Morgan fingerprint density at radius 2 is 2.35 bits per heavy atom. The molecule has 23 heavy (non-hydrogen) atoms. The van der Waals surface area contributed by atoms with Crippen molar-refractivity contribution in [2.24, 2.45) is 0 Å². The second kappa shape index (κ2) is 6.66. The molecule has 1 aromatic carbocycles. The second-order valence-electron chi connectivity index (χ2n) is 5.74. The summed E-state index contributed by atoms with van der Waals surface area (Å²) in [5, 5.41) is 4.07. The molecule has 0 N–H and O–H groups in total. The van der Waals surface area contributed by atoms with E-state index in [0.717, 1.165) is 12.8 Å². The van der Waals surface area contributed by atoms with E-state index >= 15 is 0 Å². The van der Waals surface area contributed by atoms with Gasteiger partial charge < -0.3 is 9.42 Å². The first-order chi connectivity index (χ1) is 11.0. The Hall–Kier alpha value is -1.95. The van der Waals surface area contributed by atoms with E-state index in [9.17, 15) is 9.18 Å². The molecule has 0 unspecified atom stereocenters. The summed E-state index contributed by atoms with van der Waals surface area (Å²) < 4.78 is 19.0. The highest BCUT2D eigenvalue weighted by molar-refractivity contribution is 6.31. The van der Waals surface area contributed by atoms with E-state index in [2.05, 4.69) is 10.1 Å². The van der Waals surface area contributed by atoms with Gasteiger partial charge in [-0.2, -0.15) is 4.98 Å². The molecule has 1 amide bonds. The van der Waals surface area contributed by atoms with E-state index < -0.39 is 5.82 Å². The van der Waals surface area contributed by atoms with Gasteiger partial charge in [0.25, 0.3) is 0 Å². The second-order valence-corrected chi connectivity index (χ2v) is 6.14. The number of nitrogens with zero attached hydrogens (tertiary/aromatic N) is 3. The Kier molecular flexibility index (Phi) is 4.61. The molecule has 1 saturated heterocycles. The fourth-order valence-corrected chi connectivity index (χ4v) is 3.08. The molecular formula is C16H17ClFN3O2. The first-order valence-corrected chi connectivity index (χ1v) is 7.93. The lowest BCUT2D eigenvalue weighted by molar-refractivity contribution is -0.131. The molecule has 5 nitrogen and oxygen atoms in total. The Labute approximate surface area is 138 Å². The van der Waals surface area contributed by atoms with Crippen LogP contribution in [-0.4, -0.2) is 34.0 Å². The molecular weight excluding hydrogens is 321 g/mol. The van der Waals surface area contributed by atoms with Crippen LogP contribution in [-0.2, 0) is 11.2 Å². The molecule has 0 radical (unpaired) electrons. The topological polar surface area (TPSA) is 59.2 Å². The molecule has 1 fully saturated rings. The van der Waals surface area contributed by atoms with E-state index in [0.29, 0.717) is 24.8 Å². The largest absolute Gasteiger partial charge is 0.342 e. The van der Waals surface area contributed by atoms with E-state index in [1.54, 1.807) is 17.9 Å². The van der Waals surface area contributed by atoms with Crippen molar-refractivity contribution >= 4 is 17.5 Å². The van der Waals surface area contributed by atoms with Crippen LogP contribution in [0.4, 0.5) is 4.39 Å². The Morgan fingerprint density at radius 3 is 3.04 bits per heavy atom. The average molecular weight is 338 g/mol. The zero-order chi connectivity index (χ0) is 16.4. The summed E-state index contributed by atoms with van der Waals surface area (Å²) in [5.74, 6) is 0.584. The molecule has 0 saturated carbocycles. The van der Waals surface area contributed by atoms with Gasteiger partial charge in [0.15, 0.2) is 5.82 Å². The minimum absolute atomic E-state index is 0.0324. The van der Waals surface area contributed by atoms with Gasteiger partial charge in [-0.15, -0.1) is 0 Å². The van der Waals surface area contributed by atoms with Crippen molar-refractivity contribution in [3.05, 3.63) is 46.3 Å². The van der Waals surface area contributed by atoms with Crippen molar-refractivity contribution in [1.29, 1.82) is 0 Å². The highest BCUT2D eigenvalue weighted by Gasteiger charge is 2.28. The monoisotopic (exact) mass is 337 g/mol. The third kappa shape index (κ3) is 3.52. The van der Waals surface area contributed by atoms with Gasteiger partial charge in [-0.05, 0) is 31.9 Å². The van der Waals surface area contributed by atoms with Crippen LogP contribution >= 0.6 is 11.6 Å². The number of likely N-dealkylation sites (tertiary alicyclic amines) is 1. The molecule has 122 valence electrons. The average Bonchev–Trinajstić information content (AvgIpc) is 2.97. The Morgan fingerprint density at radius 1 is 1.52 bits per heavy atom. The lowest BCUT2D eigenvalue weighted by Gasteiger charge is -2.31. The molecule has 7 heteroatoms.